The molecule has 2 aromatic carbocycles. The van der Waals surface area contributed by atoms with E-state index >= 15 is 0 Å². The van der Waals surface area contributed by atoms with Crippen LogP contribution in [0.1, 0.15) is 20.7 Å². The number of rotatable bonds is 4. The number of non-ortho nitro benzene ring substituents is 1. The number of aromatic hydroxyl groups is 1. The molecule has 0 saturated heterocycles. The third kappa shape index (κ3) is 3.43. The van der Waals surface area contributed by atoms with Crippen LogP contribution in [0, 0.1) is 10.1 Å². The molecule has 2 N–H and O–H groups in total. The molecule has 0 atom stereocenters. The number of amides is 1. The average molecular weight is 316 g/mol. The lowest BCUT2D eigenvalue weighted by Crippen LogP contribution is -2.17. The van der Waals surface area contributed by atoms with Gasteiger partial charge in [0.2, 0.25) is 0 Å². The predicted molar refractivity (Wildman–Crippen MR) is 80.5 cm³/mol. The number of carbonyl (C=O) groups excluding carboxylic acids is 2. The first-order valence-corrected chi connectivity index (χ1v) is 6.40. The summed E-state index contributed by atoms with van der Waals surface area (Å²) in [6.45, 7) is 0. The fraction of sp³-hybridized carbons (Fsp3) is 0.0667. The van der Waals surface area contributed by atoms with Gasteiger partial charge in [-0.3, -0.25) is 14.9 Å². The number of methoxy groups -OCH3 is 1. The van der Waals surface area contributed by atoms with Crippen molar-refractivity contribution in [3.63, 3.8) is 0 Å². The molecule has 0 aliphatic carbocycles. The van der Waals surface area contributed by atoms with E-state index in [1.165, 1.54) is 25.3 Å². The molecule has 8 heteroatoms. The Morgan fingerprint density at radius 3 is 2.39 bits per heavy atom. The molecule has 0 fully saturated rings. The van der Waals surface area contributed by atoms with E-state index in [-0.39, 0.29) is 22.5 Å². The minimum atomic E-state index is -0.677. The smallest absolute Gasteiger partial charge is 0.338 e. The van der Waals surface area contributed by atoms with E-state index in [1.54, 1.807) is 12.1 Å². The zero-order valence-corrected chi connectivity index (χ0v) is 12.0. The molecule has 0 spiro atoms. The van der Waals surface area contributed by atoms with E-state index in [2.05, 4.69) is 10.1 Å². The molecule has 0 aromatic heterocycles. The molecule has 0 bridgehead atoms. The molecule has 0 saturated carbocycles. The fourth-order valence-electron chi connectivity index (χ4n) is 1.90. The standard InChI is InChI=1S/C15H12N2O6/c1-23-15(20)11-5-3-2-4-10(11)14(19)16-12-7-6-9(17(21)22)8-13(12)18/h2-8,18H,1H3,(H,16,19). The van der Waals surface area contributed by atoms with Gasteiger partial charge in [-0.2, -0.15) is 0 Å². The maximum atomic E-state index is 12.3. The number of carbonyl (C=O) groups is 2. The Balaban J connectivity index is 2.30. The highest BCUT2D eigenvalue weighted by molar-refractivity contribution is 6.11. The number of hydrogen-bond donors (Lipinski definition) is 2. The lowest BCUT2D eigenvalue weighted by Gasteiger charge is -2.10. The molecular weight excluding hydrogens is 304 g/mol. The van der Waals surface area contributed by atoms with E-state index < -0.39 is 22.5 Å². The SMILES string of the molecule is COC(=O)c1ccccc1C(=O)Nc1ccc([N+](=O)[O-])cc1O. The summed E-state index contributed by atoms with van der Waals surface area (Å²) < 4.78 is 4.60. The van der Waals surface area contributed by atoms with Crippen molar-refractivity contribution in [1.29, 1.82) is 0 Å². The Morgan fingerprint density at radius 2 is 1.83 bits per heavy atom. The summed E-state index contributed by atoms with van der Waals surface area (Å²) in [7, 11) is 1.19. The third-order valence-electron chi connectivity index (χ3n) is 3.02. The number of nitrogens with one attached hydrogen (secondary N) is 1. The summed E-state index contributed by atoms with van der Waals surface area (Å²) in [4.78, 5) is 33.9. The Labute approximate surface area is 130 Å². The first-order valence-electron chi connectivity index (χ1n) is 6.40. The summed E-state index contributed by atoms with van der Waals surface area (Å²) >= 11 is 0. The highest BCUT2D eigenvalue weighted by atomic mass is 16.6. The van der Waals surface area contributed by atoms with Crippen LogP contribution in [0.3, 0.4) is 0 Å². The number of phenols is 1. The minimum absolute atomic E-state index is 0.0136. The second-order valence-electron chi connectivity index (χ2n) is 4.45. The molecule has 118 valence electrons. The van der Waals surface area contributed by atoms with Gasteiger partial charge in [0.25, 0.3) is 11.6 Å². The van der Waals surface area contributed by atoms with E-state index in [4.69, 9.17) is 0 Å². The Hall–Kier alpha value is -3.42. The third-order valence-corrected chi connectivity index (χ3v) is 3.02. The van der Waals surface area contributed by atoms with Gasteiger partial charge in [-0.05, 0) is 18.2 Å². The molecule has 0 aliphatic rings. The minimum Gasteiger partial charge on any atom is -0.506 e. The molecule has 0 heterocycles. The predicted octanol–water partition coefficient (Wildman–Crippen LogP) is 2.34. The van der Waals surface area contributed by atoms with Crippen LogP contribution in [0.15, 0.2) is 42.5 Å². The first kappa shape index (κ1) is 16.0. The van der Waals surface area contributed by atoms with Gasteiger partial charge in [0.05, 0.1) is 34.9 Å². The number of anilines is 1. The van der Waals surface area contributed by atoms with E-state index in [0.717, 1.165) is 12.1 Å². The lowest BCUT2D eigenvalue weighted by atomic mass is 10.1. The maximum absolute atomic E-state index is 12.3. The van der Waals surface area contributed by atoms with Crippen molar-refractivity contribution in [2.45, 2.75) is 0 Å². The van der Waals surface area contributed by atoms with Crippen molar-refractivity contribution >= 4 is 23.3 Å². The largest absolute Gasteiger partial charge is 0.506 e. The van der Waals surface area contributed by atoms with Gasteiger partial charge in [0.15, 0.2) is 0 Å². The number of nitro benzene ring substituents is 1. The quantitative estimate of drug-likeness (QED) is 0.387. The topological polar surface area (TPSA) is 119 Å². The maximum Gasteiger partial charge on any atom is 0.338 e. The van der Waals surface area contributed by atoms with Crippen molar-refractivity contribution in [1.82, 2.24) is 0 Å². The number of ether oxygens (including phenoxy) is 1. The second-order valence-corrected chi connectivity index (χ2v) is 4.45. The normalized spacial score (nSPS) is 9.96. The van der Waals surface area contributed by atoms with Crippen molar-refractivity contribution in [2.24, 2.45) is 0 Å². The molecule has 0 aliphatic heterocycles. The Bertz CT molecular complexity index is 787. The number of esters is 1. The fourth-order valence-corrected chi connectivity index (χ4v) is 1.90. The Kier molecular flexibility index (Phi) is 4.55. The van der Waals surface area contributed by atoms with E-state index in [9.17, 15) is 24.8 Å². The monoisotopic (exact) mass is 316 g/mol. The lowest BCUT2D eigenvalue weighted by molar-refractivity contribution is -0.384. The van der Waals surface area contributed by atoms with Crippen LogP contribution < -0.4 is 5.32 Å². The summed E-state index contributed by atoms with van der Waals surface area (Å²) in [5.74, 6) is -1.79. The van der Waals surface area contributed by atoms with E-state index in [1.807, 2.05) is 0 Å². The summed E-state index contributed by atoms with van der Waals surface area (Å²) in [6.07, 6.45) is 0. The second kappa shape index (κ2) is 6.56. The molecule has 2 rings (SSSR count). The number of phenolic OH excluding ortho intramolecular Hbond substituents is 1. The highest BCUT2D eigenvalue weighted by Crippen LogP contribution is 2.28. The van der Waals surface area contributed by atoms with Crippen molar-refractivity contribution in [2.75, 3.05) is 12.4 Å². The summed E-state index contributed by atoms with van der Waals surface area (Å²) in [5.41, 5.74) is -0.207. The molecule has 1 amide bonds. The van der Waals surface area contributed by atoms with Gasteiger partial charge in [0.1, 0.15) is 5.75 Å². The van der Waals surface area contributed by atoms with Crippen LogP contribution >= 0.6 is 0 Å². The molecule has 0 radical (unpaired) electrons. The number of nitrogens with zero attached hydrogens (tertiary/aromatic N) is 1. The van der Waals surface area contributed by atoms with E-state index in [0.29, 0.717) is 0 Å². The van der Waals surface area contributed by atoms with Crippen molar-refractivity contribution in [3.05, 3.63) is 63.7 Å². The van der Waals surface area contributed by atoms with Gasteiger partial charge in [-0.15, -0.1) is 0 Å². The van der Waals surface area contributed by atoms with Gasteiger partial charge in [-0.25, -0.2) is 4.79 Å². The zero-order chi connectivity index (χ0) is 17.0. The van der Waals surface area contributed by atoms with Gasteiger partial charge in [-0.1, -0.05) is 12.1 Å². The van der Waals surface area contributed by atoms with Crippen LogP contribution in [0.5, 0.6) is 5.75 Å². The van der Waals surface area contributed by atoms with Crippen LogP contribution in [0.4, 0.5) is 11.4 Å². The van der Waals surface area contributed by atoms with Gasteiger partial charge >= 0.3 is 5.97 Å². The summed E-state index contributed by atoms with van der Waals surface area (Å²) in [6, 6.07) is 9.25. The molecule has 2 aromatic rings. The number of hydrogen-bond acceptors (Lipinski definition) is 6. The Morgan fingerprint density at radius 1 is 1.17 bits per heavy atom. The van der Waals surface area contributed by atoms with Crippen molar-refractivity contribution < 1.29 is 24.4 Å². The zero-order valence-electron chi connectivity index (χ0n) is 12.0. The summed E-state index contributed by atoms with van der Waals surface area (Å²) in [5, 5.41) is 22.8. The highest BCUT2D eigenvalue weighted by Gasteiger charge is 2.18. The van der Waals surface area contributed by atoms with Crippen LogP contribution in [0.2, 0.25) is 0 Å². The van der Waals surface area contributed by atoms with Crippen LogP contribution in [0.25, 0.3) is 0 Å². The van der Waals surface area contributed by atoms with Crippen molar-refractivity contribution in [3.8, 4) is 5.75 Å². The van der Waals surface area contributed by atoms with Gasteiger partial charge < -0.3 is 15.2 Å². The average Bonchev–Trinajstić information content (AvgIpc) is 2.55. The molecule has 8 nitrogen and oxygen atoms in total. The molecular formula is C15H12N2O6. The van der Waals surface area contributed by atoms with Gasteiger partial charge in [0, 0.05) is 6.07 Å². The molecule has 23 heavy (non-hydrogen) atoms. The first-order chi connectivity index (χ1) is 10.9. The van der Waals surface area contributed by atoms with Crippen LogP contribution in [-0.2, 0) is 4.74 Å². The molecule has 0 unspecified atom stereocenters. The number of nitro groups is 1. The number of benzene rings is 2. The van der Waals surface area contributed by atoms with Crippen LogP contribution in [-0.4, -0.2) is 29.0 Å².